The maximum absolute atomic E-state index is 11.2. The van der Waals surface area contributed by atoms with Gasteiger partial charge in [0.25, 0.3) is 0 Å². The lowest BCUT2D eigenvalue weighted by molar-refractivity contribution is -0.123. The maximum atomic E-state index is 11.2. The third-order valence-corrected chi connectivity index (χ3v) is 2.29. The van der Waals surface area contributed by atoms with E-state index in [1.54, 1.807) is 0 Å². The van der Waals surface area contributed by atoms with Crippen LogP contribution in [-0.4, -0.2) is 40.4 Å². The highest BCUT2D eigenvalue weighted by atomic mass is 16.3. The number of carbonyl (C=O) groups is 1. The summed E-state index contributed by atoms with van der Waals surface area (Å²) in [6, 6.07) is 3.24. The Morgan fingerprint density at radius 1 is 1.41 bits per heavy atom. The van der Waals surface area contributed by atoms with E-state index in [-0.39, 0.29) is 18.0 Å². The SMILES string of the molecule is N[C@@H](CO)C(=O)NCCc1cc(O)ccc1O. The van der Waals surface area contributed by atoms with Crippen molar-refractivity contribution in [2.24, 2.45) is 5.73 Å². The van der Waals surface area contributed by atoms with E-state index < -0.39 is 18.6 Å². The number of aliphatic hydroxyl groups excluding tert-OH is 1. The summed E-state index contributed by atoms with van der Waals surface area (Å²) in [6.45, 7) is -0.146. The average Bonchev–Trinajstić information content (AvgIpc) is 2.32. The number of benzene rings is 1. The van der Waals surface area contributed by atoms with E-state index in [9.17, 15) is 15.0 Å². The number of hydrogen-bond acceptors (Lipinski definition) is 5. The molecule has 0 saturated heterocycles. The molecule has 0 heterocycles. The topological polar surface area (TPSA) is 116 Å². The minimum Gasteiger partial charge on any atom is -0.508 e. The first-order valence-electron chi connectivity index (χ1n) is 5.19. The fourth-order valence-corrected chi connectivity index (χ4v) is 1.31. The normalized spacial score (nSPS) is 12.1. The summed E-state index contributed by atoms with van der Waals surface area (Å²) in [6.07, 6.45) is 0.365. The second-order valence-corrected chi connectivity index (χ2v) is 3.64. The van der Waals surface area contributed by atoms with Gasteiger partial charge >= 0.3 is 0 Å². The van der Waals surface area contributed by atoms with Crippen LogP contribution >= 0.6 is 0 Å². The number of amides is 1. The van der Waals surface area contributed by atoms with Crippen LogP contribution in [0.15, 0.2) is 18.2 Å². The lowest BCUT2D eigenvalue weighted by atomic mass is 10.1. The molecule has 0 bridgehead atoms. The summed E-state index contributed by atoms with van der Waals surface area (Å²) in [4.78, 5) is 11.2. The van der Waals surface area contributed by atoms with Crippen molar-refractivity contribution in [1.82, 2.24) is 5.32 Å². The quantitative estimate of drug-likeness (QED) is 0.427. The Morgan fingerprint density at radius 2 is 2.12 bits per heavy atom. The first-order valence-corrected chi connectivity index (χ1v) is 5.19. The molecule has 1 aromatic rings. The Balaban J connectivity index is 2.46. The Morgan fingerprint density at radius 3 is 2.76 bits per heavy atom. The first-order chi connectivity index (χ1) is 8.04. The zero-order chi connectivity index (χ0) is 12.8. The van der Waals surface area contributed by atoms with Crippen molar-refractivity contribution in [3.63, 3.8) is 0 Å². The molecule has 0 aliphatic rings. The van der Waals surface area contributed by atoms with E-state index in [4.69, 9.17) is 10.8 Å². The Bertz CT molecular complexity index is 395. The van der Waals surface area contributed by atoms with Crippen LogP contribution in [0.2, 0.25) is 0 Å². The molecule has 1 atom stereocenters. The van der Waals surface area contributed by atoms with Gasteiger partial charge in [0.05, 0.1) is 6.61 Å². The number of aromatic hydroxyl groups is 2. The molecule has 1 rings (SSSR count). The summed E-state index contributed by atoms with van der Waals surface area (Å²) < 4.78 is 0. The van der Waals surface area contributed by atoms with Gasteiger partial charge in [-0.25, -0.2) is 0 Å². The van der Waals surface area contributed by atoms with Crippen molar-refractivity contribution < 1.29 is 20.1 Å². The second-order valence-electron chi connectivity index (χ2n) is 3.64. The standard InChI is InChI=1S/C11H16N2O4/c12-9(6-14)11(17)13-4-3-7-5-8(15)1-2-10(7)16/h1-2,5,9,14-16H,3-4,6,12H2,(H,13,17)/t9-/m0/s1. The minimum absolute atomic E-state index is 0.0520. The number of rotatable bonds is 5. The molecule has 0 unspecified atom stereocenters. The van der Waals surface area contributed by atoms with Crippen molar-refractivity contribution in [3.05, 3.63) is 23.8 Å². The van der Waals surface area contributed by atoms with Crippen LogP contribution in [0.3, 0.4) is 0 Å². The first kappa shape index (κ1) is 13.3. The molecule has 6 heteroatoms. The van der Waals surface area contributed by atoms with Gasteiger partial charge in [-0.3, -0.25) is 4.79 Å². The van der Waals surface area contributed by atoms with E-state index in [2.05, 4.69) is 5.32 Å². The highest BCUT2D eigenvalue weighted by Gasteiger charge is 2.11. The van der Waals surface area contributed by atoms with Gasteiger partial charge in [-0.15, -0.1) is 0 Å². The van der Waals surface area contributed by atoms with Gasteiger partial charge in [-0.05, 0) is 30.2 Å². The van der Waals surface area contributed by atoms with Gasteiger partial charge < -0.3 is 26.4 Å². The van der Waals surface area contributed by atoms with Crippen LogP contribution in [0.5, 0.6) is 11.5 Å². The second kappa shape index (κ2) is 6.07. The van der Waals surface area contributed by atoms with Crippen LogP contribution in [0, 0.1) is 0 Å². The van der Waals surface area contributed by atoms with Gasteiger partial charge in [-0.1, -0.05) is 0 Å². The van der Waals surface area contributed by atoms with E-state index in [0.717, 1.165) is 0 Å². The highest BCUT2D eigenvalue weighted by Crippen LogP contribution is 2.21. The number of nitrogens with one attached hydrogen (secondary N) is 1. The Hall–Kier alpha value is -1.79. The molecule has 94 valence electrons. The number of phenolic OH excluding ortho intramolecular Hbond substituents is 2. The molecule has 0 radical (unpaired) electrons. The summed E-state index contributed by atoms with van der Waals surface area (Å²) in [5.74, 6) is -0.341. The molecule has 0 saturated carbocycles. The maximum Gasteiger partial charge on any atom is 0.239 e. The molecule has 6 N–H and O–H groups in total. The van der Waals surface area contributed by atoms with E-state index in [0.29, 0.717) is 12.0 Å². The molecule has 1 aromatic carbocycles. The van der Waals surface area contributed by atoms with Crippen LogP contribution in [-0.2, 0) is 11.2 Å². The van der Waals surface area contributed by atoms with Crippen molar-refractivity contribution in [2.45, 2.75) is 12.5 Å². The molecular formula is C11H16N2O4. The van der Waals surface area contributed by atoms with E-state index in [1.807, 2.05) is 0 Å². The van der Waals surface area contributed by atoms with Gasteiger partial charge in [0.1, 0.15) is 17.5 Å². The number of carbonyl (C=O) groups excluding carboxylic acids is 1. The van der Waals surface area contributed by atoms with Crippen molar-refractivity contribution in [3.8, 4) is 11.5 Å². The molecule has 6 nitrogen and oxygen atoms in total. The molecule has 0 aromatic heterocycles. The fourth-order valence-electron chi connectivity index (χ4n) is 1.31. The predicted octanol–water partition coefficient (Wildman–Crippen LogP) is -0.924. The molecule has 0 spiro atoms. The van der Waals surface area contributed by atoms with Gasteiger partial charge in [0, 0.05) is 6.54 Å². The van der Waals surface area contributed by atoms with Crippen molar-refractivity contribution >= 4 is 5.91 Å². The van der Waals surface area contributed by atoms with E-state index >= 15 is 0 Å². The molecule has 17 heavy (non-hydrogen) atoms. The van der Waals surface area contributed by atoms with Gasteiger partial charge in [0.15, 0.2) is 0 Å². The third kappa shape index (κ3) is 3.93. The molecule has 0 aliphatic carbocycles. The third-order valence-electron chi connectivity index (χ3n) is 2.29. The van der Waals surface area contributed by atoms with E-state index in [1.165, 1.54) is 18.2 Å². The Labute approximate surface area is 98.7 Å². The number of phenols is 2. The van der Waals surface area contributed by atoms with Crippen molar-refractivity contribution in [2.75, 3.05) is 13.2 Å². The number of nitrogens with two attached hydrogens (primary N) is 1. The van der Waals surface area contributed by atoms with Gasteiger partial charge in [0.2, 0.25) is 5.91 Å². The van der Waals surface area contributed by atoms with Gasteiger partial charge in [-0.2, -0.15) is 0 Å². The Kier molecular flexibility index (Phi) is 4.74. The van der Waals surface area contributed by atoms with Crippen LogP contribution in [0.4, 0.5) is 0 Å². The lowest BCUT2D eigenvalue weighted by Gasteiger charge is -2.10. The summed E-state index contributed by atoms with van der Waals surface area (Å²) in [7, 11) is 0. The fraction of sp³-hybridized carbons (Fsp3) is 0.364. The van der Waals surface area contributed by atoms with Crippen molar-refractivity contribution in [1.29, 1.82) is 0 Å². The smallest absolute Gasteiger partial charge is 0.239 e. The monoisotopic (exact) mass is 240 g/mol. The summed E-state index contributed by atoms with van der Waals surface area (Å²) in [5.41, 5.74) is 5.83. The number of aliphatic hydroxyl groups is 1. The zero-order valence-electron chi connectivity index (χ0n) is 9.26. The minimum atomic E-state index is -0.937. The molecule has 0 fully saturated rings. The molecule has 0 aliphatic heterocycles. The average molecular weight is 240 g/mol. The molecule has 1 amide bonds. The van der Waals surface area contributed by atoms with Crippen LogP contribution in [0.25, 0.3) is 0 Å². The van der Waals surface area contributed by atoms with Crippen LogP contribution in [0.1, 0.15) is 5.56 Å². The molecular weight excluding hydrogens is 224 g/mol. The largest absolute Gasteiger partial charge is 0.508 e. The zero-order valence-corrected chi connectivity index (χ0v) is 9.26. The summed E-state index contributed by atoms with van der Waals surface area (Å²) in [5, 5.41) is 29.8. The predicted molar refractivity (Wildman–Crippen MR) is 61.5 cm³/mol. The highest BCUT2D eigenvalue weighted by molar-refractivity contribution is 5.81. The van der Waals surface area contributed by atoms with Crippen LogP contribution < -0.4 is 11.1 Å². The lowest BCUT2D eigenvalue weighted by Crippen LogP contribution is -2.43. The number of hydrogen-bond donors (Lipinski definition) is 5. The summed E-state index contributed by atoms with van der Waals surface area (Å²) >= 11 is 0.